The number of nitrogens with zero attached hydrogens (tertiary/aromatic N) is 1. The number of carboxylic acids is 1. The van der Waals surface area contributed by atoms with Crippen LogP contribution in [0.15, 0.2) is 17.1 Å². The molecular weight excluding hydrogens is 250 g/mol. The molecule has 1 rings (SSSR count). The standard InChI is InChI=1S/C13H19NO5/c1-10-8-12(15)11(13(16)17)9-14(10)4-7-19-6-3-5-18-2/h8-9H,3-7H2,1-2H3,(H,16,17). The fourth-order valence-corrected chi connectivity index (χ4v) is 1.64. The molecule has 0 aliphatic rings. The number of hydrogen-bond acceptors (Lipinski definition) is 4. The van der Waals surface area contributed by atoms with Gasteiger partial charge in [0.15, 0.2) is 5.43 Å². The van der Waals surface area contributed by atoms with Crippen LogP contribution in [0.1, 0.15) is 22.5 Å². The number of hydrogen-bond donors (Lipinski definition) is 1. The maximum atomic E-state index is 11.4. The molecule has 0 aliphatic carbocycles. The van der Waals surface area contributed by atoms with Gasteiger partial charge < -0.3 is 19.1 Å². The van der Waals surface area contributed by atoms with E-state index in [1.807, 2.05) is 0 Å². The van der Waals surface area contributed by atoms with Crippen molar-refractivity contribution in [1.29, 1.82) is 0 Å². The number of aromatic nitrogens is 1. The third-order valence-corrected chi connectivity index (χ3v) is 2.69. The van der Waals surface area contributed by atoms with Crippen LogP contribution >= 0.6 is 0 Å². The quantitative estimate of drug-likeness (QED) is 0.710. The molecule has 0 spiro atoms. The molecule has 6 heteroatoms. The van der Waals surface area contributed by atoms with Gasteiger partial charge in [-0.3, -0.25) is 4.79 Å². The minimum atomic E-state index is -1.21. The van der Waals surface area contributed by atoms with Crippen LogP contribution in [-0.2, 0) is 16.0 Å². The lowest BCUT2D eigenvalue weighted by Crippen LogP contribution is -2.20. The van der Waals surface area contributed by atoms with Gasteiger partial charge in [-0.2, -0.15) is 0 Å². The molecule has 0 unspecified atom stereocenters. The van der Waals surface area contributed by atoms with E-state index in [9.17, 15) is 9.59 Å². The molecule has 0 aliphatic heterocycles. The lowest BCUT2D eigenvalue weighted by molar-refractivity contribution is 0.0693. The maximum Gasteiger partial charge on any atom is 0.341 e. The zero-order valence-electron chi connectivity index (χ0n) is 11.2. The minimum absolute atomic E-state index is 0.218. The number of carboxylic acid groups (broad SMARTS) is 1. The van der Waals surface area contributed by atoms with Gasteiger partial charge in [0.1, 0.15) is 5.56 Å². The van der Waals surface area contributed by atoms with Crippen LogP contribution in [-0.4, -0.2) is 42.6 Å². The Labute approximate surface area is 111 Å². The van der Waals surface area contributed by atoms with Gasteiger partial charge in [-0.05, 0) is 13.3 Å². The highest BCUT2D eigenvalue weighted by atomic mass is 16.5. The highest BCUT2D eigenvalue weighted by Gasteiger charge is 2.10. The summed E-state index contributed by atoms with van der Waals surface area (Å²) in [7, 11) is 1.64. The first-order chi connectivity index (χ1) is 9.06. The molecule has 0 bridgehead atoms. The Bertz CT molecular complexity index is 480. The van der Waals surface area contributed by atoms with Crippen LogP contribution < -0.4 is 5.43 Å². The summed E-state index contributed by atoms with van der Waals surface area (Å²) in [4.78, 5) is 22.3. The number of ether oxygens (including phenoxy) is 2. The second kappa shape index (κ2) is 7.70. The smallest absolute Gasteiger partial charge is 0.341 e. The number of pyridine rings is 1. The van der Waals surface area contributed by atoms with Gasteiger partial charge in [-0.1, -0.05) is 0 Å². The molecule has 0 radical (unpaired) electrons. The van der Waals surface area contributed by atoms with Gasteiger partial charge >= 0.3 is 5.97 Å². The van der Waals surface area contributed by atoms with Crippen LogP contribution in [0.4, 0.5) is 0 Å². The highest BCUT2D eigenvalue weighted by molar-refractivity contribution is 5.87. The summed E-state index contributed by atoms with van der Waals surface area (Å²) < 4.78 is 12.0. The number of carbonyl (C=O) groups is 1. The molecule has 106 valence electrons. The average molecular weight is 269 g/mol. The molecule has 1 aromatic heterocycles. The fraction of sp³-hybridized carbons (Fsp3) is 0.538. The molecule has 0 fully saturated rings. The van der Waals surface area contributed by atoms with Crippen molar-refractivity contribution in [1.82, 2.24) is 4.57 Å². The first kappa shape index (κ1) is 15.4. The SMILES string of the molecule is COCCCOCCn1cc(C(=O)O)c(=O)cc1C. The second-order valence-electron chi connectivity index (χ2n) is 4.15. The zero-order chi connectivity index (χ0) is 14.3. The Kier molecular flexibility index (Phi) is 6.24. The Balaban J connectivity index is 2.56. The largest absolute Gasteiger partial charge is 0.477 e. The molecule has 6 nitrogen and oxygen atoms in total. The topological polar surface area (TPSA) is 77.8 Å². The number of methoxy groups -OCH3 is 1. The van der Waals surface area contributed by atoms with Gasteiger partial charge in [-0.15, -0.1) is 0 Å². The molecular formula is C13H19NO5. The predicted octanol–water partition coefficient (Wildman–Crippen LogP) is 0.908. The molecule has 1 heterocycles. The molecule has 1 aromatic rings. The van der Waals surface area contributed by atoms with E-state index < -0.39 is 11.4 Å². The molecule has 19 heavy (non-hydrogen) atoms. The van der Waals surface area contributed by atoms with Crippen molar-refractivity contribution in [3.8, 4) is 0 Å². The van der Waals surface area contributed by atoms with E-state index in [2.05, 4.69) is 0 Å². The molecule has 0 atom stereocenters. The number of aromatic carboxylic acids is 1. The van der Waals surface area contributed by atoms with E-state index in [0.717, 1.165) is 12.1 Å². The van der Waals surface area contributed by atoms with E-state index in [1.54, 1.807) is 18.6 Å². The molecule has 1 N–H and O–H groups in total. The first-order valence-corrected chi connectivity index (χ1v) is 6.07. The monoisotopic (exact) mass is 269 g/mol. The maximum absolute atomic E-state index is 11.4. The Hall–Kier alpha value is -1.66. The van der Waals surface area contributed by atoms with Crippen molar-refractivity contribution >= 4 is 5.97 Å². The van der Waals surface area contributed by atoms with Crippen LogP contribution in [0.3, 0.4) is 0 Å². The molecule has 0 saturated heterocycles. The summed E-state index contributed by atoms with van der Waals surface area (Å²) in [5, 5.41) is 8.89. The van der Waals surface area contributed by atoms with E-state index in [1.165, 1.54) is 12.3 Å². The highest BCUT2D eigenvalue weighted by Crippen LogP contribution is 2.00. The van der Waals surface area contributed by atoms with Crippen molar-refractivity contribution in [3.05, 3.63) is 33.7 Å². The lowest BCUT2D eigenvalue weighted by atomic mass is 10.2. The normalized spacial score (nSPS) is 10.6. The number of rotatable bonds is 8. The Morgan fingerprint density at radius 1 is 1.37 bits per heavy atom. The minimum Gasteiger partial charge on any atom is -0.477 e. The van der Waals surface area contributed by atoms with Gasteiger partial charge in [0.2, 0.25) is 0 Å². The van der Waals surface area contributed by atoms with Crippen LogP contribution in [0.25, 0.3) is 0 Å². The van der Waals surface area contributed by atoms with Crippen molar-refractivity contribution < 1.29 is 19.4 Å². The third-order valence-electron chi connectivity index (χ3n) is 2.69. The lowest BCUT2D eigenvalue weighted by Gasteiger charge is -2.11. The summed E-state index contributed by atoms with van der Waals surface area (Å²) in [6.45, 7) is 3.99. The van der Waals surface area contributed by atoms with Crippen LogP contribution in [0.2, 0.25) is 0 Å². The Morgan fingerprint density at radius 2 is 2.11 bits per heavy atom. The third kappa shape index (κ3) is 4.84. The Morgan fingerprint density at radius 3 is 2.74 bits per heavy atom. The number of aryl methyl sites for hydroxylation is 1. The zero-order valence-corrected chi connectivity index (χ0v) is 11.2. The summed E-state index contributed by atoms with van der Waals surface area (Å²) in [6.07, 6.45) is 2.18. The van der Waals surface area contributed by atoms with Gasteiger partial charge in [0.05, 0.1) is 6.61 Å². The van der Waals surface area contributed by atoms with Crippen molar-refractivity contribution in [2.45, 2.75) is 19.9 Å². The molecule has 0 amide bonds. The van der Waals surface area contributed by atoms with Crippen molar-refractivity contribution in [2.24, 2.45) is 0 Å². The van der Waals surface area contributed by atoms with Gasteiger partial charge in [0.25, 0.3) is 0 Å². The fourth-order valence-electron chi connectivity index (χ4n) is 1.64. The first-order valence-electron chi connectivity index (χ1n) is 6.07. The van der Waals surface area contributed by atoms with Gasteiger partial charge in [-0.25, -0.2) is 4.79 Å². The van der Waals surface area contributed by atoms with E-state index in [4.69, 9.17) is 14.6 Å². The molecule has 0 saturated carbocycles. The van der Waals surface area contributed by atoms with Crippen molar-refractivity contribution in [3.63, 3.8) is 0 Å². The summed E-state index contributed by atoms with van der Waals surface area (Å²) in [6, 6.07) is 1.33. The summed E-state index contributed by atoms with van der Waals surface area (Å²) >= 11 is 0. The van der Waals surface area contributed by atoms with E-state index in [-0.39, 0.29) is 5.56 Å². The van der Waals surface area contributed by atoms with E-state index in [0.29, 0.717) is 26.4 Å². The molecule has 0 aromatic carbocycles. The van der Waals surface area contributed by atoms with Crippen LogP contribution in [0, 0.1) is 6.92 Å². The predicted molar refractivity (Wildman–Crippen MR) is 69.7 cm³/mol. The van der Waals surface area contributed by atoms with Gasteiger partial charge in [0, 0.05) is 44.8 Å². The van der Waals surface area contributed by atoms with E-state index >= 15 is 0 Å². The summed E-state index contributed by atoms with van der Waals surface area (Å²) in [5.74, 6) is -1.21. The van der Waals surface area contributed by atoms with Crippen molar-refractivity contribution in [2.75, 3.05) is 26.9 Å². The van der Waals surface area contributed by atoms with Crippen LogP contribution in [0.5, 0.6) is 0 Å². The second-order valence-corrected chi connectivity index (χ2v) is 4.15. The average Bonchev–Trinajstić information content (AvgIpc) is 2.35. The summed E-state index contributed by atoms with van der Waals surface area (Å²) in [5.41, 5.74) is 0.0303.